The number of alkyl halides is 3. The van der Waals surface area contributed by atoms with Gasteiger partial charge in [0.25, 0.3) is 0 Å². The fraction of sp³-hybridized carbons (Fsp3) is 0.375. The van der Waals surface area contributed by atoms with E-state index in [0.717, 1.165) is 0 Å². The van der Waals surface area contributed by atoms with E-state index in [1.54, 1.807) is 0 Å². The Hall–Kier alpha value is -1.51. The zero-order valence-electron chi connectivity index (χ0n) is 8.36. The summed E-state index contributed by atoms with van der Waals surface area (Å²) >= 11 is -0.144. The molecule has 0 unspecified atom stereocenters. The van der Waals surface area contributed by atoms with E-state index in [1.165, 1.54) is 12.1 Å². The van der Waals surface area contributed by atoms with Crippen LogP contribution in [0, 0.1) is 0 Å². The Kier molecular flexibility index (Phi) is 4.55. The summed E-state index contributed by atoms with van der Waals surface area (Å²) in [7, 11) is 0. The molecule has 0 saturated heterocycles. The van der Waals surface area contributed by atoms with Gasteiger partial charge in [-0.2, -0.15) is 13.2 Å². The molecular formula is C8H8F3N3O2S. The predicted octanol–water partition coefficient (Wildman–Crippen LogP) is 1.84. The smallest absolute Gasteiger partial charge is 0.441 e. The first kappa shape index (κ1) is 13.6. The Morgan fingerprint density at radius 2 is 2.12 bits per heavy atom. The van der Waals surface area contributed by atoms with Crippen molar-refractivity contribution in [2.45, 2.75) is 5.51 Å². The number of rotatable bonds is 5. The highest BCUT2D eigenvalue weighted by atomic mass is 32.2. The van der Waals surface area contributed by atoms with Gasteiger partial charge in [0.05, 0.1) is 0 Å². The molecule has 2 N–H and O–H groups in total. The number of carboxylic acid groups (broad SMARTS) is 1. The normalized spacial score (nSPS) is 11.2. The second kappa shape index (κ2) is 5.71. The van der Waals surface area contributed by atoms with Crippen LogP contribution in [-0.2, 0) is 0 Å². The van der Waals surface area contributed by atoms with E-state index in [1.807, 2.05) is 0 Å². The fourth-order valence-corrected chi connectivity index (χ4v) is 1.32. The molecule has 0 radical (unpaired) electrons. The second-order valence-corrected chi connectivity index (χ2v) is 3.99. The zero-order chi connectivity index (χ0) is 12.9. The quantitative estimate of drug-likeness (QED) is 0.793. The Labute approximate surface area is 98.4 Å². The molecule has 0 aliphatic rings. The third-order valence-corrected chi connectivity index (χ3v) is 2.29. The SMILES string of the molecule is O=C(O)c1ccc(NCCSC(F)(F)F)nn1. The molecule has 0 bridgehead atoms. The summed E-state index contributed by atoms with van der Waals surface area (Å²) in [5, 5.41) is 18.0. The van der Waals surface area contributed by atoms with E-state index in [9.17, 15) is 18.0 Å². The number of nitrogens with zero attached hydrogens (tertiary/aromatic N) is 2. The van der Waals surface area contributed by atoms with Crippen LogP contribution in [0.15, 0.2) is 12.1 Å². The van der Waals surface area contributed by atoms with Crippen LogP contribution in [0.25, 0.3) is 0 Å². The summed E-state index contributed by atoms with van der Waals surface area (Å²) in [6.07, 6.45) is 0. The lowest BCUT2D eigenvalue weighted by Crippen LogP contribution is -2.11. The molecule has 0 amide bonds. The molecule has 0 aliphatic heterocycles. The van der Waals surface area contributed by atoms with Crippen molar-refractivity contribution in [2.24, 2.45) is 0 Å². The van der Waals surface area contributed by atoms with Gasteiger partial charge in [-0.1, -0.05) is 0 Å². The van der Waals surface area contributed by atoms with E-state index in [-0.39, 0.29) is 35.6 Å². The van der Waals surface area contributed by atoms with E-state index in [4.69, 9.17) is 5.11 Å². The molecule has 1 aromatic heterocycles. The first-order valence-corrected chi connectivity index (χ1v) is 5.38. The van der Waals surface area contributed by atoms with Crippen LogP contribution < -0.4 is 5.32 Å². The average molecular weight is 267 g/mol. The highest BCUT2D eigenvalue weighted by molar-refractivity contribution is 8.00. The number of hydrogen-bond donors (Lipinski definition) is 2. The predicted molar refractivity (Wildman–Crippen MR) is 56.0 cm³/mol. The number of carboxylic acids is 1. The molecule has 0 saturated carbocycles. The van der Waals surface area contributed by atoms with Gasteiger partial charge in [-0.05, 0) is 23.9 Å². The van der Waals surface area contributed by atoms with Crippen LogP contribution in [0.5, 0.6) is 0 Å². The number of aromatic carboxylic acids is 1. The molecule has 1 rings (SSSR count). The second-order valence-electron chi connectivity index (χ2n) is 2.83. The Bertz CT molecular complexity index is 383. The zero-order valence-corrected chi connectivity index (χ0v) is 9.18. The first-order chi connectivity index (χ1) is 7.88. The van der Waals surface area contributed by atoms with Crippen LogP contribution in [0.1, 0.15) is 10.5 Å². The summed E-state index contributed by atoms with van der Waals surface area (Å²) in [6.45, 7) is 0.0608. The topological polar surface area (TPSA) is 75.1 Å². The lowest BCUT2D eigenvalue weighted by Gasteiger charge is -2.06. The van der Waals surface area contributed by atoms with Gasteiger partial charge >= 0.3 is 11.5 Å². The van der Waals surface area contributed by atoms with Gasteiger partial charge in [0, 0.05) is 12.3 Å². The van der Waals surface area contributed by atoms with Gasteiger partial charge in [0.15, 0.2) is 5.69 Å². The molecular weight excluding hydrogens is 259 g/mol. The van der Waals surface area contributed by atoms with Crippen molar-refractivity contribution in [1.29, 1.82) is 0 Å². The fourth-order valence-electron chi connectivity index (χ4n) is 0.886. The van der Waals surface area contributed by atoms with Crippen LogP contribution >= 0.6 is 11.8 Å². The van der Waals surface area contributed by atoms with Crippen LogP contribution in [0.2, 0.25) is 0 Å². The van der Waals surface area contributed by atoms with Crippen molar-refractivity contribution >= 4 is 23.5 Å². The average Bonchev–Trinajstić information content (AvgIpc) is 2.24. The maximum atomic E-state index is 11.8. The molecule has 0 spiro atoms. The van der Waals surface area contributed by atoms with Gasteiger partial charge in [0.2, 0.25) is 0 Å². The van der Waals surface area contributed by atoms with Gasteiger partial charge in [0.1, 0.15) is 5.82 Å². The monoisotopic (exact) mass is 267 g/mol. The lowest BCUT2D eigenvalue weighted by molar-refractivity contribution is -0.0327. The minimum Gasteiger partial charge on any atom is -0.476 e. The van der Waals surface area contributed by atoms with Gasteiger partial charge in [-0.25, -0.2) is 4.79 Å². The molecule has 17 heavy (non-hydrogen) atoms. The molecule has 0 fully saturated rings. The lowest BCUT2D eigenvalue weighted by atomic mass is 10.4. The largest absolute Gasteiger partial charge is 0.476 e. The standard InChI is InChI=1S/C8H8F3N3O2S/c9-8(10,11)17-4-3-12-6-2-1-5(7(15)16)13-14-6/h1-2H,3-4H2,(H,12,14)(H,15,16). The van der Waals surface area contributed by atoms with Crippen molar-refractivity contribution in [1.82, 2.24) is 10.2 Å². The molecule has 0 atom stereocenters. The maximum Gasteiger partial charge on any atom is 0.441 e. The number of anilines is 1. The number of carbonyl (C=O) groups is 1. The Morgan fingerprint density at radius 3 is 2.59 bits per heavy atom. The number of nitrogens with one attached hydrogen (secondary N) is 1. The molecule has 9 heteroatoms. The Morgan fingerprint density at radius 1 is 1.41 bits per heavy atom. The number of halogens is 3. The summed E-state index contributed by atoms with van der Waals surface area (Å²) in [6, 6.07) is 2.56. The van der Waals surface area contributed by atoms with E-state index < -0.39 is 11.5 Å². The molecule has 0 aromatic carbocycles. The molecule has 94 valence electrons. The third-order valence-electron chi connectivity index (χ3n) is 1.56. The minimum atomic E-state index is -4.25. The summed E-state index contributed by atoms with van der Waals surface area (Å²) in [4.78, 5) is 10.4. The summed E-state index contributed by atoms with van der Waals surface area (Å²) < 4.78 is 35.3. The van der Waals surface area contributed by atoms with Crippen molar-refractivity contribution < 1.29 is 23.1 Å². The summed E-state index contributed by atoms with van der Waals surface area (Å²) in [5.74, 6) is -1.14. The van der Waals surface area contributed by atoms with E-state index in [0.29, 0.717) is 0 Å². The van der Waals surface area contributed by atoms with Gasteiger partial charge in [-0.3, -0.25) is 0 Å². The third kappa shape index (κ3) is 5.38. The Balaban J connectivity index is 2.35. The van der Waals surface area contributed by atoms with E-state index in [2.05, 4.69) is 15.5 Å². The van der Waals surface area contributed by atoms with Crippen molar-refractivity contribution in [3.8, 4) is 0 Å². The van der Waals surface area contributed by atoms with Crippen molar-refractivity contribution in [3.05, 3.63) is 17.8 Å². The highest BCUT2D eigenvalue weighted by Crippen LogP contribution is 2.29. The number of hydrogen-bond acceptors (Lipinski definition) is 5. The molecule has 1 heterocycles. The molecule has 5 nitrogen and oxygen atoms in total. The van der Waals surface area contributed by atoms with Crippen LogP contribution in [-0.4, -0.2) is 39.1 Å². The maximum absolute atomic E-state index is 11.8. The van der Waals surface area contributed by atoms with Crippen molar-refractivity contribution in [3.63, 3.8) is 0 Å². The molecule has 0 aliphatic carbocycles. The number of thioether (sulfide) groups is 1. The van der Waals surface area contributed by atoms with Crippen LogP contribution in [0.4, 0.5) is 19.0 Å². The minimum absolute atomic E-state index is 0.0608. The van der Waals surface area contributed by atoms with Crippen molar-refractivity contribution in [2.75, 3.05) is 17.6 Å². The van der Waals surface area contributed by atoms with Gasteiger partial charge in [-0.15, -0.1) is 10.2 Å². The first-order valence-electron chi connectivity index (χ1n) is 4.40. The highest BCUT2D eigenvalue weighted by Gasteiger charge is 2.27. The van der Waals surface area contributed by atoms with Crippen LogP contribution in [0.3, 0.4) is 0 Å². The summed E-state index contributed by atoms with van der Waals surface area (Å²) in [5.41, 5.74) is -4.47. The van der Waals surface area contributed by atoms with E-state index >= 15 is 0 Å². The number of aromatic nitrogens is 2. The molecule has 1 aromatic rings. The van der Waals surface area contributed by atoms with Gasteiger partial charge < -0.3 is 10.4 Å².